The molecule has 0 bridgehead atoms. The predicted molar refractivity (Wildman–Crippen MR) is 88.1 cm³/mol. The summed E-state index contributed by atoms with van der Waals surface area (Å²) in [6, 6.07) is 6.05. The van der Waals surface area contributed by atoms with E-state index in [1.54, 1.807) is 19.9 Å². The zero-order valence-corrected chi connectivity index (χ0v) is 14.7. The van der Waals surface area contributed by atoms with Crippen LogP contribution in [-0.4, -0.2) is 24.3 Å². The molecule has 0 aliphatic carbocycles. The second kappa shape index (κ2) is 6.69. The first kappa shape index (κ1) is 18.1. The molecule has 1 heterocycles. The van der Waals surface area contributed by atoms with E-state index in [-0.39, 0.29) is 23.7 Å². The van der Waals surface area contributed by atoms with Crippen LogP contribution in [0.25, 0.3) is 10.1 Å². The van der Waals surface area contributed by atoms with Crippen molar-refractivity contribution in [3.05, 3.63) is 34.7 Å². The van der Waals surface area contributed by atoms with Gasteiger partial charge in [0.1, 0.15) is 4.88 Å². The Labute approximate surface area is 137 Å². The molecule has 0 saturated carbocycles. The van der Waals surface area contributed by atoms with Crippen LogP contribution in [0.5, 0.6) is 0 Å². The highest BCUT2D eigenvalue weighted by Gasteiger charge is 2.49. The molecular weight excluding hydrogens is 342 g/mol. The SMILES string of the molecule is CCOP(=O)(OCC)C(C)(F)c1ccc2sc(C(=O)O)cc2c1. The van der Waals surface area contributed by atoms with E-state index >= 15 is 4.39 Å². The highest BCUT2D eigenvalue weighted by Crippen LogP contribution is 2.65. The lowest BCUT2D eigenvalue weighted by atomic mass is 10.1. The van der Waals surface area contributed by atoms with Gasteiger partial charge in [0.25, 0.3) is 0 Å². The van der Waals surface area contributed by atoms with Gasteiger partial charge in [-0.05, 0) is 44.4 Å². The molecule has 0 amide bonds. The third-order valence-electron chi connectivity index (χ3n) is 3.37. The van der Waals surface area contributed by atoms with Gasteiger partial charge in [0.15, 0.2) is 0 Å². The zero-order valence-electron chi connectivity index (χ0n) is 13.0. The largest absolute Gasteiger partial charge is 0.477 e. The summed E-state index contributed by atoms with van der Waals surface area (Å²) in [7, 11) is -4.01. The van der Waals surface area contributed by atoms with Crippen LogP contribution in [0.4, 0.5) is 4.39 Å². The molecule has 126 valence electrons. The number of hydrogen-bond donors (Lipinski definition) is 1. The third kappa shape index (κ3) is 3.33. The van der Waals surface area contributed by atoms with Crippen LogP contribution in [0.2, 0.25) is 0 Å². The lowest BCUT2D eigenvalue weighted by Gasteiger charge is -2.29. The number of carboxylic acid groups (broad SMARTS) is 1. The maximum Gasteiger partial charge on any atom is 0.371 e. The molecule has 2 aromatic rings. The Morgan fingerprint density at radius 2 is 1.91 bits per heavy atom. The van der Waals surface area contributed by atoms with Gasteiger partial charge in [-0.25, -0.2) is 9.18 Å². The van der Waals surface area contributed by atoms with Gasteiger partial charge in [0.05, 0.1) is 13.2 Å². The standard InChI is InChI=1S/C15H18FO5PS/c1-4-20-22(19,21-5-2)15(3,16)11-6-7-12-10(8-11)9-13(23-12)14(17)18/h6-9H,4-5H2,1-3H3,(H,17,18). The second-order valence-corrected chi connectivity index (χ2v) is 8.39. The van der Waals surface area contributed by atoms with E-state index in [1.165, 1.54) is 18.2 Å². The number of rotatable bonds is 7. The molecule has 2 rings (SSSR count). The molecule has 23 heavy (non-hydrogen) atoms. The van der Waals surface area contributed by atoms with E-state index in [0.29, 0.717) is 10.1 Å². The Kier molecular flexibility index (Phi) is 5.26. The number of carboxylic acids is 1. The number of benzene rings is 1. The minimum Gasteiger partial charge on any atom is -0.477 e. The predicted octanol–water partition coefficient (Wildman–Crippen LogP) is 5.01. The highest BCUT2D eigenvalue weighted by molar-refractivity contribution is 7.54. The topological polar surface area (TPSA) is 72.8 Å². The van der Waals surface area contributed by atoms with Gasteiger partial charge in [0.2, 0.25) is 5.41 Å². The summed E-state index contributed by atoms with van der Waals surface area (Å²) < 4.78 is 39.0. The van der Waals surface area contributed by atoms with Crippen molar-refractivity contribution in [3.63, 3.8) is 0 Å². The molecule has 0 fully saturated rings. The molecule has 1 N–H and O–H groups in total. The maximum absolute atomic E-state index is 15.3. The maximum atomic E-state index is 15.3. The average Bonchev–Trinajstić information content (AvgIpc) is 2.90. The number of alkyl halides is 1. The monoisotopic (exact) mass is 360 g/mol. The molecule has 1 aromatic heterocycles. The molecule has 1 aromatic carbocycles. The van der Waals surface area contributed by atoms with Crippen molar-refractivity contribution >= 4 is 35.0 Å². The van der Waals surface area contributed by atoms with Crippen molar-refractivity contribution in [2.24, 2.45) is 0 Å². The molecular formula is C15H18FO5PS. The summed E-state index contributed by atoms with van der Waals surface area (Å²) in [5.41, 5.74) is 0.130. The lowest BCUT2D eigenvalue weighted by molar-refractivity contribution is 0.0702. The van der Waals surface area contributed by atoms with Crippen LogP contribution in [0.15, 0.2) is 24.3 Å². The quantitative estimate of drug-likeness (QED) is 0.703. The van der Waals surface area contributed by atoms with Crippen LogP contribution < -0.4 is 0 Å². The highest BCUT2D eigenvalue weighted by atomic mass is 32.1. The third-order valence-corrected chi connectivity index (χ3v) is 6.95. The second-order valence-electron chi connectivity index (χ2n) is 4.95. The Hall–Kier alpha value is -1.27. The number of hydrogen-bond acceptors (Lipinski definition) is 5. The Bertz CT molecular complexity index is 760. The van der Waals surface area contributed by atoms with Gasteiger partial charge < -0.3 is 14.2 Å². The summed E-state index contributed by atoms with van der Waals surface area (Å²) in [4.78, 5) is 11.2. The van der Waals surface area contributed by atoms with Crippen LogP contribution in [0.3, 0.4) is 0 Å². The molecule has 0 spiro atoms. The molecule has 5 nitrogen and oxygen atoms in total. The van der Waals surface area contributed by atoms with Crippen molar-refractivity contribution in [3.8, 4) is 0 Å². The summed E-state index contributed by atoms with van der Waals surface area (Å²) in [5.74, 6) is -1.04. The van der Waals surface area contributed by atoms with Crippen LogP contribution >= 0.6 is 18.9 Å². The number of halogens is 1. The molecule has 0 aliphatic heterocycles. The fraction of sp³-hybridized carbons (Fsp3) is 0.400. The Balaban J connectivity index is 2.51. The number of aromatic carboxylic acids is 1. The van der Waals surface area contributed by atoms with E-state index in [9.17, 15) is 9.36 Å². The Morgan fingerprint density at radius 1 is 1.30 bits per heavy atom. The number of carbonyl (C=O) groups is 1. The van der Waals surface area contributed by atoms with E-state index in [0.717, 1.165) is 18.3 Å². The van der Waals surface area contributed by atoms with Crippen molar-refractivity contribution in [1.82, 2.24) is 0 Å². The van der Waals surface area contributed by atoms with Gasteiger partial charge in [-0.1, -0.05) is 6.07 Å². The Morgan fingerprint density at radius 3 is 2.43 bits per heavy atom. The first-order valence-corrected chi connectivity index (χ1v) is 9.46. The van der Waals surface area contributed by atoms with Crippen molar-refractivity contribution < 1.29 is 27.9 Å². The smallest absolute Gasteiger partial charge is 0.371 e. The fourth-order valence-corrected chi connectivity index (χ4v) is 4.79. The van der Waals surface area contributed by atoms with Crippen LogP contribution in [0.1, 0.15) is 36.0 Å². The van der Waals surface area contributed by atoms with Crippen molar-refractivity contribution in [1.29, 1.82) is 0 Å². The van der Waals surface area contributed by atoms with E-state index < -0.39 is 19.0 Å². The fourth-order valence-electron chi connectivity index (χ4n) is 2.21. The normalized spacial score (nSPS) is 14.8. The van der Waals surface area contributed by atoms with Gasteiger partial charge in [0, 0.05) is 10.3 Å². The first-order valence-electron chi connectivity index (χ1n) is 7.10. The lowest BCUT2D eigenvalue weighted by Crippen LogP contribution is -2.19. The van der Waals surface area contributed by atoms with Gasteiger partial charge in [-0.3, -0.25) is 4.57 Å². The van der Waals surface area contributed by atoms with E-state index in [2.05, 4.69) is 0 Å². The zero-order chi connectivity index (χ0) is 17.3. The number of thiophene rings is 1. The first-order chi connectivity index (χ1) is 10.7. The number of fused-ring (bicyclic) bond motifs is 1. The molecule has 1 unspecified atom stereocenters. The summed E-state index contributed by atoms with van der Waals surface area (Å²) in [6.45, 7) is 4.50. The van der Waals surface area contributed by atoms with E-state index in [1.807, 2.05) is 0 Å². The minimum absolute atomic E-state index is 0.0562. The molecule has 0 radical (unpaired) electrons. The molecule has 0 aliphatic rings. The van der Waals surface area contributed by atoms with Gasteiger partial charge in [-0.15, -0.1) is 11.3 Å². The van der Waals surface area contributed by atoms with E-state index in [4.69, 9.17) is 14.2 Å². The van der Waals surface area contributed by atoms with Crippen molar-refractivity contribution in [2.45, 2.75) is 26.2 Å². The van der Waals surface area contributed by atoms with Gasteiger partial charge in [-0.2, -0.15) is 0 Å². The molecule has 0 saturated heterocycles. The summed E-state index contributed by atoms with van der Waals surface area (Å²) in [5, 5.41) is 7.28. The minimum atomic E-state index is -4.01. The summed E-state index contributed by atoms with van der Waals surface area (Å²) in [6.07, 6.45) is 0. The van der Waals surface area contributed by atoms with Gasteiger partial charge >= 0.3 is 13.6 Å². The average molecular weight is 360 g/mol. The van der Waals surface area contributed by atoms with Crippen LogP contribution in [-0.2, 0) is 19.0 Å². The molecule has 8 heteroatoms. The van der Waals surface area contributed by atoms with Crippen molar-refractivity contribution in [2.75, 3.05) is 13.2 Å². The van der Waals surface area contributed by atoms with Crippen LogP contribution in [0, 0.1) is 0 Å². The summed E-state index contributed by atoms with van der Waals surface area (Å²) >= 11 is 1.10. The molecule has 1 atom stereocenters.